The van der Waals surface area contributed by atoms with Crippen molar-refractivity contribution in [2.45, 2.75) is 39.2 Å². The lowest BCUT2D eigenvalue weighted by Crippen LogP contribution is -2.51. The van der Waals surface area contributed by atoms with Gasteiger partial charge < -0.3 is 10.2 Å². The number of amides is 1. The predicted molar refractivity (Wildman–Crippen MR) is 53.6 cm³/mol. The van der Waals surface area contributed by atoms with Crippen molar-refractivity contribution in [3.63, 3.8) is 0 Å². The lowest BCUT2D eigenvalue weighted by Gasteiger charge is -2.28. The van der Waals surface area contributed by atoms with Crippen LogP contribution in [0, 0.1) is 0 Å². The molecule has 1 aliphatic heterocycles. The smallest absolute Gasteiger partial charge is 0.242 e. The van der Waals surface area contributed by atoms with Crippen LogP contribution < -0.4 is 5.32 Å². The van der Waals surface area contributed by atoms with Crippen molar-refractivity contribution in [2.24, 2.45) is 0 Å². The van der Waals surface area contributed by atoms with Crippen molar-refractivity contribution < 1.29 is 4.79 Å². The monoisotopic (exact) mass is 184 g/mol. The summed E-state index contributed by atoms with van der Waals surface area (Å²) >= 11 is 0. The molecule has 3 nitrogen and oxygen atoms in total. The number of hydrogen-bond acceptors (Lipinski definition) is 2. The number of nitrogens with one attached hydrogen (secondary N) is 1. The number of carbonyl (C=O) groups is 1. The Kier molecular flexibility index (Phi) is 3.31. The van der Waals surface area contributed by atoms with Crippen LogP contribution in [0.1, 0.15) is 33.6 Å². The molecule has 13 heavy (non-hydrogen) atoms. The Morgan fingerprint density at radius 2 is 2.23 bits per heavy atom. The zero-order chi connectivity index (χ0) is 9.90. The van der Waals surface area contributed by atoms with E-state index < -0.39 is 0 Å². The average molecular weight is 184 g/mol. The van der Waals surface area contributed by atoms with Gasteiger partial charge in [0.1, 0.15) is 0 Å². The maximum absolute atomic E-state index is 11.9. The van der Waals surface area contributed by atoms with Crippen LogP contribution in [-0.2, 0) is 4.79 Å². The molecule has 0 aromatic rings. The van der Waals surface area contributed by atoms with Gasteiger partial charge in [0, 0.05) is 13.1 Å². The summed E-state index contributed by atoms with van der Waals surface area (Å²) in [6.45, 7) is 8.78. The summed E-state index contributed by atoms with van der Waals surface area (Å²) in [5, 5.41) is 3.27. The standard InChI is InChI=1S/C10H20N2O/c1-4-7-12-8-5-6-11-10(2,3)9(12)13/h11H,4-8H2,1-3H3. The Labute approximate surface area is 80.5 Å². The van der Waals surface area contributed by atoms with Crippen LogP contribution in [-0.4, -0.2) is 36.0 Å². The molecule has 1 N–H and O–H groups in total. The van der Waals surface area contributed by atoms with Crippen LogP contribution in [0.25, 0.3) is 0 Å². The number of rotatable bonds is 2. The van der Waals surface area contributed by atoms with E-state index in [-0.39, 0.29) is 11.4 Å². The molecular weight excluding hydrogens is 164 g/mol. The fourth-order valence-corrected chi connectivity index (χ4v) is 1.73. The SMILES string of the molecule is CCCN1CCCNC(C)(C)C1=O. The highest BCUT2D eigenvalue weighted by Crippen LogP contribution is 2.12. The van der Waals surface area contributed by atoms with Gasteiger partial charge in [-0.3, -0.25) is 4.79 Å². The van der Waals surface area contributed by atoms with Gasteiger partial charge >= 0.3 is 0 Å². The normalized spacial score (nSPS) is 23.0. The van der Waals surface area contributed by atoms with Gasteiger partial charge in [-0.1, -0.05) is 6.92 Å². The minimum atomic E-state index is -0.369. The summed E-state index contributed by atoms with van der Waals surface area (Å²) in [5.41, 5.74) is -0.369. The molecule has 0 radical (unpaired) electrons. The Hall–Kier alpha value is -0.570. The first-order chi connectivity index (χ1) is 6.08. The summed E-state index contributed by atoms with van der Waals surface area (Å²) < 4.78 is 0. The number of nitrogens with zero attached hydrogens (tertiary/aromatic N) is 1. The molecule has 1 heterocycles. The maximum Gasteiger partial charge on any atom is 0.242 e. The molecule has 1 amide bonds. The molecule has 0 aliphatic carbocycles. The fourth-order valence-electron chi connectivity index (χ4n) is 1.73. The average Bonchev–Trinajstić information content (AvgIpc) is 2.18. The Bertz CT molecular complexity index is 189. The lowest BCUT2D eigenvalue weighted by atomic mass is 10.0. The summed E-state index contributed by atoms with van der Waals surface area (Å²) in [7, 11) is 0. The molecule has 1 saturated heterocycles. The van der Waals surface area contributed by atoms with Gasteiger partial charge in [-0.2, -0.15) is 0 Å². The third-order valence-corrected chi connectivity index (χ3v) is 2.49. The van der Waals surface area contributed by atoms with Crippen LogP contribution in [0.3, 0.4) is 0 Å². The molecule has 0 atom stereocenters. The summed E-state index contributed by atoms with van der Waals surface area (Å²) in [6.07, 6.45) is 2.11. The fraction of sp³-hybridized carbons (Fsp3) is 0.900. The third kappa shape index (κ3) is 2.44. The summed E-state index contributed by atoms with van der Waals surface area (Å²) in [5.74, 6) is 0.242. The first-order valence-electron chi connectivity index (χ1n) is 5.12. The molecule has 0 aromatic heterocycles. The van der Waals surface area contributed by atoms with Crippen molar-refractivity contribution in [1.82, 2.24) is 10.2 Å². The molecule has 0 bridgehead atoms. The van der Waals surface area contributed by atoms with Crippen molar-refractivity contribution in [3.8, 4) is 0 Å². The number of carbonyl (C=O) groups excluding carboxylic acids is 1. The van der Waals surface area contributed by atoms with Crippen LogP contribution in [0.15, 0.2) is 0 Å². The van der Waals surface area contributed by atoms with Gasteiger partial charge in [0.05, 0.1) is 5.54 Å². The van der Waals surface area contributed by atoms with Gasteiger partial charge in [0.25, 0.3) is 0 Å². The highest BCUT2D eigenvalue weighted by Gasteiger charge is 2.32. The lowest BCUT2D eigenvalue weighted by molar-refractivity contribution is -0.136. The van der Waals surface area contributed by atoms with Crippen LogP contribution in [0.4, 0.5) is 0 Å². The van der Waals surface area contributed by atoms with Crippen LogP contribution >= 0.6 is 0 Å². The van der Waals surface area contributed by atoms with E-state index in [0.29, 0.717) is 0 Å². The van der Waals surface area contributed by atoms with Crippen LogP contribution in [0.2, 0.25) is 0 Å². The van der Waals surface area contributed by atoms with E-state index in [0.717, 1.165) is 32.5 Å². The molecule has 1 rings (SSSR count). The second-order valence-electron chi connectivity index (χ2n) is 4.20. The zero-order valence-corrected chi connectivity index (χ0v) is 8.89. The Balaban J connectivity index is 2.68. The molecule has 1 fully saturated rings. The summed E-state index contributed by atoms with van der Waals surface area (Å²) in [6, 6.07) is 0. The minimum Gasteiger partial charge on any atom is -0.341 e. The van der Waals surface area contributed by atoms with E-state index in [2.05, 4.69) is 12.2 Å². The van der Waals surface area contributed by atoms with Gasteiger partial charge in [-0.05, 0) is 33.2 Å². The van der Waals surface area contributed by atoms with Crippen molar-refractivity contribution >= 4 is 5.91 Å². The first kappa shape index (κ1) is 10.5. The van der Waals surface area contributed by atoms with Gasteiger partial charge in [0.2, 0.25) is 5.91 Å². The minimum absolute atomic E-state index is 0.242. The molecule has 3 heteroatoms. The van der Waals surface area contributed by atoms with E-state index in [4.69, 9.17) is 0 Å². The van der Waals surface area contributed by atoms with E-state index in [9.17, 15) is 4.79 Å². The van der Waals surface area contributed by atoms with Gasteiger partial charge in [-0.25, -0.2) is 0 Å². The van der Waals surface area contributed by atoms with E-state index in [1.807, 2.05) is 18.7 Å². The van der Waals surface area contributed by atoms with Gasteiger partial charge in [-0.15, -0.1) is 0 Å². The van der Waals surface area contributed by atoms with Gasteiger partial charge in [0.15, 0.2) is 0 Å². The molecule has 76 valence electrons. The second kappa shape index (κ2) is 4.09. The number of hydrogen-bond donors (Lipinski definition) is 1. The maximum atomic E-state index is 11.9. The van der Waals surface area contributed by atoms with E-state index in [1.54, 1.807) is 0 Å². The highest BCUT2D eigenvalue weighted by molar-refractivity contribution is 5.85. The quantitative estimate of drug-likeness (QED) is 0.694. The molecule has 0 aromatic carbocycles. The molecule has 0 saturated carbocycles. The van der Waals surface area contributed by atoms with E-state index >= 15 is 0 Å². The molecule has 0 unspecified atom stereocenters. The Morgan fingerprint density at radius 1 is 1.54 bits per heavy atom. The highest BCUT2D eigenvalue weighted by atomic mass is 16.2. The Morgan fingerprint density at radius 3 is 2.85 bits per heavy atom. The molecule has 1 aliphatic rings. The second-order valence-corrected chi connectivity index (χ2v) is 4.20. The molecular formula is C10H20N2O. The summed E-state index contributed by atoms with van der Waals surface area (Å²) in [4.78, 5) is 13.9. The van der Waals surface area contributed by atoms with Crippen molar-refractivity contribution in [1.29, 1.82) is 0 Å². The third-order valence-electron chi connectivity index (χ3n) is 2.49. The van der Waals surface area contributed by atoms with Crippen molar-refractivity contribution in [2.75, 3.05) is 19.6 Å². The predicted octanol–water partition coefficient (Wildman–Crippen LogP) is 0.997. The van der Waals surface area contributed by atoms with E-state index in [1.165, 1.54) is 0 Å². The topological polar surface area (TPSA) is 32.3 Å². The van der Waals surface area contributed by atoms with Crippen LogP contribution in [0.5, 0.6) is 0 Å². The zero-order valence-electron chi connectivity index (χ0n) is 8.89. The van der Waals surface area contributed by atoms with Crippen molar-refractivity contribution in [3.05, 3.63) is 0 Å². The first-order valence-corrected chi connectivity index (χ1v) is 5.12. The molecule has 0 spiro atoms. The largest absolute Gasteiger partial charge is 0.341 e.